The summed E-state index contributed by atoms with van der Waals surface area (Å²) in [6.07, 6.45) is 0. The molecule has 0 aromatic heterocycles. The van der Waals surface area contributed by atoms with E-state index in [4.69, 9.17) is 4.55 Å². The summed E-state index contributed by atoms with van der Waals surface area (Å²) in [6, 6.07) is 5.99. The van der Waals surface area contributed by atoms with Crippen molar-refractivity contribution in [3.63, 3.8) is 0 Å². The van der Waals surface area contributed by atoms with Crippen molar-refractivity contribution >= 4 is 44.3 Å². The Morgan fingerprint density at radius 2 is 1.89 bits per heavy atom. The lowest BCUT2D eigenvalue weighted by atomic mass is 10.2. The van der Waals surface area contributed by atoms with Gasteiger partial charge in [-0.25, -0.2) is 0 Å². The third-order valence-electron chi connectivity index (χ3n) is 1.89. The van der Waals surface area contributed by atoms with Crippen LogP contribution in [0.5, 0.6) is 0 Å². The van der Waals surface area contributed by atoms with Gasteiger partial charge >= 0.3 is 0 Å². The van der Waals surface area contributed by atoms with Crippen LogP contribution in [-0.2, 0) is 14.9 Å². The fourth-order valence-corrected chi connectivity index (χ4v) is 2.32. The smallest absolute Gasteiger partial charge is 0.294 e. The summed E-state index contributed by atoms with van der Waals surface area (Å²) in [6.45, 7) is 1.84. The van der Waals surface area contributed by atoms with Gasteiger partial charge in [-0.15, -0.1) is 0 Å². The number of aryl methyl sites for hydroxylation is 1. The molecule has 98 valence electrons. The zero-order valence-corrected chi connectivity index (χ0v) is 11.9. The number of hydrogen-bond donors (Lipinski definition) is 2. The molecule has 2 rings (SSSR count). The predicted octanol–water partition coefficient (Wildman–Crippen LogP) is 1.38. The summed E-state index contributed by atoms with van der Waals surface area (Å²) < 4.78 is 30.2. The number of hydrogen-bond acceptors (Lipinski definition) is 5. The van der Waals surface area contributed by atoms with Crippen molar-refractivity contribution in [3.05, 3.63) is 29.8 Å². The van der Waals surface area contributed by atoms with Crippen LogP contribution < -0.4 is 5.32 Å². The Hall–Kier alpha value is -0.960. The normalized spacial score (nSPS) is 14.8. The van der Waals surface area contributed by atoms with Gasteiger partial charge in [0, 0.05) is 0 Å². The molecule has 0 bridgehead atoms. The summed E-state index contributed by atoms with van der Waals surface area (Å²) in [7, 11) is -4.02. The van der Waals surface area contributed by atoms with E-state index in [1.807, 2.05) is 6.92 Å². The molecular weight excluding hydrogens is 294 g/mol. The molecule has 5 nitrogen and oxygen atoms in total. The summed E-state index contributed by atoms with van der Waals surface area (Å²) in [5.74, 6) is 0.522. The highest BCUT2D eigenvalue weighted by Gasteiger charge is 2.13. The molecule has 1 aliphatic heterocycles. The van der Waals surface area contributed by atoms with Crippen LogP contribution in [0, 0.1) is 6.92 Å². The molecule has 0 aliphatic carbocycles. The van der Waals surface area contributed by atoms with Gasteiger partial charge in [0.15, 0.2) is 0 Å². The minimum absolute atomic E-state index is 0.0231. The molecule has 0 spiro atoms. The molecule has 0 saturated carbocycles. The first-order valence-corrected chi connectivity index (χ1v) is 7.63. The van der Waals surface area contributed by atoms with Gasteiger partial charge in [0.25, 0.3) is 10.1 Å². The average molecular weight is 305 g/mol. The van der Waals surface area contributed by atoms with E-state index < -0.39 is 10.1 Å². The van der Waals surface area contributed by atoms with Crippen LogP contribution in [0.3, 0.4) is 0 Å². The zero-order chi connectivity index (χ0) is 13.8. The van der Waals surface area contributed by atoms with E-state index in [0.29, 0.717) is 10.1 Å². The topological polar surface area (TPSA) is 83.5 Å². The van der Waals surface area contributed by atoms with Gasteiger partial charge < -0.3 is 5.32 Å². The van der Waals surface area contributed by atoms with Crippen LogP contribution in [0.4, 0.5) is 0 Å². The minimum Gasteiger partial charge on any atom is -0.311 e. The Kier molecular flexibility index (Phi) is 5.27. The minimum atomic E-state index is -4.02. The van der Waals surface area contributed by atoms with Gasteiger partial charge in [0.1, 0.15) is 4.32 Å². The van der Waals surface area contributed by atoms with Crippen molar-refractivity contribution < 1.29 is 17.8 Å². The lowest BCUT2D eigenvalue weighted by molar-refractivity contribution is -0.116. The number of thiocarbonyl (C=S) groups is 1. The highest BCUT2D eigenvalue weighted by atomic mass is 32.2. The monoisotopic (exact) mass is 305 g/mol. The third kappa shape index (κ3) is 5.13. The largest absolute Gasteiger partial charge is 0.311 e. The number of benzene rings is 1. The van der Waals surface area contributed by atoms with Crippen LogP contribution in [-0.4, -0.2) is 29.0 Å². The highest BCUT2D eigenvalue weighted by Crippen LogP contribution is 2.08. The van der Waals surface area contributed by atoms with Crippen molar-refractivity contribution in [3.8, 4) is 0 Å². The van der Waals surface area contributed by atoms with E-state index in [2.05, 4.69) is 17.5 Å². The molecule has 1 amide bonds. The van der Waals surface area contributed by atoms with Crippen LogP contribution >= 0.6 is 24.0 Å². The van der Waals surface area contributed by atoms with Gasteiger partial charge in [-0.2, -0.15) is 8.42 Å². The van der Waals surface area contributed by atoms with E-state index >= 15 is 0 Å². The second-order valence-corrected chi connectivity index (χ2v) is 6.49. The first-order valence-electron chi connectivity index (χ1n) is 4.80. The van der Waals surface area contributed by atoms with Crippen molar-refractivity contribution in [2.45, 2.75) is 11.8 Å². The average Bonchev–Trinajstić information content (AvgIpc) is 2.62. The Bertz CT molecular complexity index is 537. The fourth-order valence-electron chi connectivity index (χ4n) is 1.03. The molecule has 0 radical (unpaired) electrons. The molecule has 8 heteroatoms. The Labute approximate surface area is 115 Å². The lowest BCUT2D eigenvalue weighted by Gasteiger charge is -1.95. The maximum Gasteiger partial charge on any atom is 0.294 e. The molecule has 2 N–H and O–H groups in total. The zero-order valence-electron chi connectivity index (χ0n) is 9.41. The molecule has 1 aliphatic rings. The number of carbonyl (C=O) groups is 1. The second-order valence-electron chi connectivity index (χ2n) is 3.41. The van der Waals surface area contributed by atoms with Gasteiger partial charge in [0.05, 0.1) is 10.6 Å². The standard InChI is InChI=1S/C7H8O3S.C3H3NOS2/c1-6-2-4-7(5-3-6)11(8,9)10;5-2-1-7-3(6)4-2/h2-5H,1H3,(H,8,9,10);1H2,(H,4,5,6). The summed E-state index contributed by atoms with van der Waals surface area (Å²) in [5.41, 5.74) is 0.956. The molecule has 0 unspecified atom stereocenters. The van der Waals surface area contributed by atoms with E-state index in [1.165, 1.54) is 23.9 Å². The van der Waals surface area contributed by atoms with E-state index in [1.54, 1.807) is 12.1 Å². The van der Waals surface area contributed by atoms with Crippen molar-refractivity contribution in [2.75, 3.05) is 5.75 Å². The first-order chi connectivity index (χ1) is 8.29. The number of nitrogens with one attached hydrogen (secondary N) is 1. The molecule has 1 fully saturated rings. The first kappa shape index (κ1) is 15.1. The second kappa shape index (κ2) is 6.28. The lowest BCUT2D eigenvalue weighted by Crippen LogP contribution is -2.18. The molecule has 1 heterocycles. The quantitative estimate of drug-likeness (QED) is 0.602. The predicted molar refractivity (Wildman–Crippen MR) is 74.2 cm³/mol. The highest BCUT2D eigenvalue weighted by molar-refractivity contribution is 8.24. The number of thioether (sulfide) groups is 1. The molecule has 1 aromatic carbocycles. The van der Waals surface area contributed by atoms with Crippen LogP contribution in [0.1, 0.15) is 5.56 Å². The van der Waals surface area contributed by atoms with E-state index in [0.717, 1.165) is 5.56 Å². The maximum atomic E-state index is 10.5. The molecular formula is C10H11NO4S3. The van der Waals surface area contributed by atoms with Crippen molar-refractivity contribution in [2.24, 2.45) is 0 Å². The molecule has 0 atom stereocenters. The van der Waals surface area contributed by atoms with E-state index in [9.17, 15) is 13.2 Å². The maximum absolute atomic E-state index is 10.5. The SMILES string of the molecule is Cc1ccc(S(=O)(=O)O)cc1.O=C1CSC(=S)N1. The van der Waals surface area contributed by atoms with Crippen LogP contribution in [0.15, 0.2) is 29.2 Å². The number of amides is 1. The van der Waals surface area contributed by atoms with Crippen molar-refractivity contribution in [1.82, 2.24) is 5.32 Å². The summed E-state index contributed by atoms with van der Waals surface area (Å²) >= 11 is 6.00. The molecule has 1 saturated heterocycles. The number of rotatable bonds is 1. The molecule has 18 heavy (non-hydrogen) atoms. The molecule has 1 aromatic rings. The summed E-state index contributed by atoms with van der Waals surface area (Å²) in [5, 5.41) is 2.47. The fraction of sp³-hybridized carbons (Fsp3) is 0.200. The Morgan fingerprint density at radius 1 is 1.33 bits per heavy atom. The summed E-state index contributed by atoms with van der Waals surface area (Å²) in [4.78, 5) is 10.2. The van der Waals surface area contributed by atoms with Gasteiger partial charge in [-0.1, -0.05) is 41.7 Å². The van der Waals surface area contributed by atoms with Crippen molar-refractivity contribution in [1.29, 1.82) is 0 Å². The Balaban J connectivity index is 0.000000199. The Morgan fingerprint density at radius 3 is 2.17 bits per heavy atom. The van der Waals surface area contributed by atoms with Gasteiger partial charge in [-0.05, 0) is 19.1 Å². The third-order valence-corrected chi connectivity index (χ3v) is 3.99. The van der Waals surface area contributed by atoms with Crippen LogP contribution in [0.25, 0.3) is 0 Å². The van der Waals surface area contributed by atoms with Crippen LogP contribution in [0.2, 0.25) is 0 Å². The van der Waals surface area contributed by atoms with Gasteiger partial charge in [-0.3, -0.25) is 9.35 Å². The van der Waals surface area contributed by atoms with Gasteiger partial charge in [0.2, 0.25) is 5.91 Å². The van der Waals surface area contributed by atoms with E-state index in [-0.39, 0.29) is 10.8 Å². The number of carbonyl (C=O) groups excluding carboxylic acids is 1.